The van der Waals surface area contributed by atoms with Crippen LogP contribution >= 0.6 is 0 Å². The minimum Gasteiger partial charge on any atom is -0.465 e. The first-order chi connectivity index (χ1) is 11.1. The van der Waals surface area contributed by atoms with Crippen LogP contribution in [0, 0.1) is 6.92 Å². The van der Waals surface area contributed by atoms with Crippen LogP contribution in [0.3, 0.4) is 0 Å². The first-order valence-corrected chi connectivity index (χ1v) is 8.51. The molecule has 130 valence electrons. The molecule has 0 aliphatic carbocycles. The van der Waals surface area contributed by atoms with Gasteiger partial charge in [-0.25, -0.2) is 0 Å². The zero-order valence-corrected chi connectivity index (χ0v) is 14.5. The van der Waals surface area contributed by atoms with Crippen LogP contribution in [0.15, 0.2) is 16.5 Å². The maximum atomic E-state index is 12.2. The third-order valence-corrected chi connectivity index (χ3v) is 4.33. The van der Waals surface area contributed by atoms with Crippen LogP contribution in [0.2, 0.25) is 0 Å². The maximum absolute atomic E-state index is 12.2. The fourth-order valence-corrected chi connectivity index (χ4v) is 2.85. The molecule has 0 unspecified atom stereocenters. The van der Waals surface area contributed by atoms with Gasteiger partial charge in [-0.2, -0.15) is 0 Å². The SMILES string of the molecule is CCN(CC)CC(=O)NC[C@@H](c1ccc(C)o1)N1CCOCC1. The monoisotopic (exact) mass is 323 g/mol. The van der Waals surface area contributed by atoms with Gasteiger partial charge in [0.25, 0.3) is 0 Å². The van der Waals surface area contributed by atoms with Crippen LogP contribution in [-0.2, 0) is 9.53 Å². The van der Waals surface area contributed by atoms with Gasteiger partial charge in [0.1, 0.15) is 11.5 Å². The van der Waals surface area contributed by atoms with Crippen LogP contribution < -0.4 is 5.32 Å². The summed E-state index contributed by atoms with van der Waals surface area (Å²) in [5.41, 5.74) is 0. The largest absolute Gasteiger partial charge is 0.465 e. The van der Waals surface area contributed by atoms with Gasteiger partial charge in [-0.05, 0) is 32.1 Å². The summed E-state index contributed by atoms with van der Waals surface area (Å²) in [6.45, 7) is 12.0. The Balaban J connectivity index is 1.96. The third-order valence-electron chi connectivity index (χ3n) is 4.33. The summed E-state index contributed by atoms with van der Waals surface area (Å²) in [6, 6.07) is 4.04. The molecule has 2 heterocycles. The standard InChI is InChI=1S/C17H29N3O3/c1-4-19(5-2)13-17(21)18-12-15(16-7-6-14(3)23-16)20-8-10-22-11-9-20/h6-7,15H,4-5,8-13H2,1-3H3,(H,18,21)/t15-/m0/s1. The van der Waals surface area contributed by atoms with Crippen molar-refractivity contribution < 1.29 is 13.9 Å². The Kier molecular flexibility index (Phi) is 7.08. The van der Waals surface area contributed by atoms with E-state index in [0.29, 0.717) is 13.1 Å². The lowest BCUT2D eigenvalue weighted by Gasteiger charge is -2.33. The van der Waals surface area contributed by atoms with Crippen LogP contribution in [0.5, 0.6) is 0 Å². The Labute approximate surface area is 138 Å². The number of nitrogens with one attached hydrogen (secondary N) is 1. The normalized spacial score (nSPS) is 17.4. The Hall–Kier alpha value is -1.37. The highest BCUT2D eigenvalue weighted by Gasteiger charge is 2.25. The summed E-state index contributed by atoms with van der Waals surface area (Å²) >= 11 is 0. The number of hydrogen-bond acceptors (Lipinski definition) is 5. The Morgan fingerprint density at radius 2 is 2.00 bits per heavy atom. The van der Waals surface area contributed by atoms with Crippen molar-refractivity contribution in [1.29, 1.82) is 0 Å². The number of furan rings is 1. The van der Waals surface area contributed by atoms with Gasteiger partial charge < -0.3 is 14.5 Å². The van der Waals surface area contributed by atoms with Crippen molar-refractivity contribution in [2.45, 2.75) is 26.8 Å². The second kappa shape index (κ2) is 9.05. The number of nitrogens with zero attached hydrogens (tertiary/aromatic N) is 2. The molecule has 1 aromatic rings. The van der Waals surface area contributed by atoms with Crippen LogP contribution in [-0.4, -0.2) is 68.2 Å². The van der Waals surface area contributed by atoms with E-state index in [4.69, 9.17) is 9.15 Å². The van der Waals surface area contributed by atoms with E-state index >= 15 is 0 Å². The van der Waals surface area contributed by atoms with E-state index in [2.05, 4.69) is 29.0 Å². The molecule has 1 saturated heterocycles. The summed E-state index contributed by atoms with van der Waals surface area (Å²) in [5.74, 6) is 1.87. The number of ether oxygens (including phenoxy) is 1. The molecule has 1 fully saturated rings. The van der Waals surface area contributed by atoms with Crippen molar-refractivity contribution in [3.05, 3.63) is 23.7 Å². The molecule has 6 nitrogen and oxygen atoms in total. The molecule has 0 saturated carbocycles. The molecule has 6 heteroatoms. The van der Waals surface area contributed by atoms with Gasteiger partial charge in [-0.15, -0.1) is 0 Å². The summed E-state index contributed by atoms with van der Waals surface area (Å²) in [4.78, 5) is 16.6. The molecule has 1 aliphatic rings. The Morgan fingerprint density at radius 3 is 2.57 bits per heavy atom. The molecule has 1 N–H and O–H groups in total. The molecule has 23 heavy (non-hydrogen) atoms. The zero-order valence-electron chi connectivity index (χ0n) is 14.5. The quantitative estimate of drug-likeness (QED) is 0.784. The van der Waals surface area contributed by atoms with Crippen molar-refractivity contribution in [3.8, 4) is 0 Å². The van der Waals surface area contributed by atoms with Gasteiger partial charge in [0, 0.05) is 19.6 Å². The molecule has 1 aromatic heterocycles. The van der Waals surface area contributed by atoms with E-state index in [1.165, 1.54) is 0 Å². The summed E-state index contributed by atoms with van der Waals surface area (Å²) in [7, 11) is 0. The molecular formula is C17H29N3O3. The lowest BCUT2D eigenvalue weighted by molar-refractivity contribution is -0.122. The van der Waals surface area contributed by atoms with Gasteiger partial charge in [0.2, 0.25) is 5.91 Å². The molecule has 0 bridgehead atoms. The average Bonchev–Trinajstić information content (AvgIpc) is 3.00. The van der Waals surface area contributed by atoms with Crippen molar-refractivity contribution in [3.63, 3.8) is 0 Å². The van der Waals surface area contributed by atoms with Crippen molar-refractivity contribution in [2.75, 3.05) is 52.5 Å². The topological polar surface area (TPSA) is 58.0 Å². The molecule has 0 radical (unpaired) electrons. The van der Waals surface area contributed by atoms with E-state index in [0.717, 1.165) is 50.9 Å². The Bertz CT molecular complexity index is 479. The fourth-order valence-electron chi connectivity index (χ4n) is 2.85. The van der Waals surface area contributed by atoms with E-state index < -0.39 is 0 Å². The van der Waals surface area contributed by atoms with Gasteiger partial charge in [-0.3, -0.25) is 14.6 Å². The second-order valence-electron chi connectivity index (χ2n) is 5.88. The first-order valence-electron chi connectivity index (χ1n) is 8.51. The van der Waals surface area contributed by atoms with Gasteiger partial charge in [0.15, 0.2) is 0 Å². The minimum atomic E-state index is 0.0632. The molecule has 1 amide bonds. The first kappa shape index (κ1) is 18.0. The minimum absolute atomic E-state index is 0.0632. The van der Waals surface area contributed by atoms with Crippen molar-refractivity contribution >= 4 is 5.91 Å². The second-order valence-corrected chi connectivity index (χ2v) is 5.88. The molecule has 1 aliphatic heterocycles. The molecular weight excluding hydrogens is 294 g/mol. The van der Waals surface area contributed by atoms with E-state index in [9.17, 15) is 4.79 Å². The summed E-state index contributed by atoms with van der Waals surface area (Å²) < 4.78 is 11.2. The number of rotatable bonds is 8. The molecule has 0 spiro atoms. The molecule has 1 atom stereocenters. The molecule has 0 aromatic carbocycles. The van der Waals surface area contributed by atoms with Crippen LogP contribution in [0.1, 0.15) is 31.4 Å². The van der Waals surface area contributed by atoms with Crippen LogP contribution in [0.25, 0.3) is 0 Å². The lowest BCUT2D eigenvalue weighted by Crippen LogP contribution is -2.45. The maximum Gasteiger partial charge on any atom is 0.234 e. The zero-order chi connectivity index (χ0) is 16.7. The highest BCUT2D eigenvalue weighted by Crippen LogP contribution is 2.23. The number of morpholine rings is 1. The van der Waals surface area contributed by atoms with E-state index in [1.54, 1.807) is 0 Å². The highest BCUT2D eigenvalue weighted by atomic mass is 16.5. The number of likely N-dealkylation sites (N-methyl/N-ethyl adjacent to an activating group) is 1. The highest BCUT2D eigenvalue weighted by molar-refractivity contribution is 5.78. The lowest BCUT2D eigenvalue weighted by atomic mass is 10.1. The number of hydrogen-bond donors (Lipinski definition) is 1. The van der Waals surface area contributed by atoms with Crippen molar-refractivity contribution in [2.24, 2.45) is 0 Å². The summed E-state index contributed by atoms with van der Waals surface area (Å²) in [6.07, 6.45) is 0. The molecule has 2 rings (SSSR count). The Morgan fingerprint density at radius 1 is 1.30 bits per heavy atom. The van der Waals surface area contributed by atoms with E-state index in [1.807, 2.05) is 19.1 Å². The summed E-state index contributed by atoms with van der Waals surface area (Å²) in [5, 5.41) is 3.06. The number of amides is 1. The fraction of sp³-hybridized carbons (Fsp3) is 0.706. The number of aryl methyl sites for hydroxylation is 1. The number of carbonyl (C=O) groups excluding carboxylic acids is 1. The predicted molar refractivity (Wildman–Crippen MR) is 89.4 cm³/mol. The van der Waals surface area contributed by atoms with Crippen LogP contribution in [0.4, 0.5) is 0 Å². The van der Waals surface area contributed by atoms with E-state index in [-0.39, 0.29) is 11.9 Å². The van der Waals surface area contributed by atoms with Gasteiger partial charge in [-0.1, -0.05) is 13.8 Å². The number of carbonyl (C=O) groups is 1. The van der Waals surface area contributed by atoms with Crippen molar-refractivity contribution in [1.82, 2.24) is 15.1 Å². The predicted octanol–water partition coefficient (Wildman–Crippen LogP) is 1.42. The average molecular weight is 323 g/mol. The van der Waals surface area contributed by atoms with Gasteiger partial charge >= 0.3 is 0 Å². The third kappa shape index (κ3) is 5.34. The van der Waals surface area contributed by atoms with Gasteiger partial charge in [0.05, 0.1) is 25.8 Å². The smallest absolute Gasteiger partial charge is 0.234 e.